The third-order valence-electron chi connectivity index (χ3n) is 4.91. The van der Waals surface area contributed by atoms with E-state index in [9.17, 15) is 13.2 Å². The molecule has 0 aliphatic heterocycles. The lowest BCUT2D eigenvalue weighted by atomic mass is 10.1. The Labute approximate surface area is 184 Å². The standard InChI is InChI=1S/C24H27N3O3S/c1-3-27(4-2)31(29,30)23-12-8-11-22(17-23)26-24(28)18-25-21-15-13-20(14-16-21)19-9-6-5-7-10-19/h5-17,25H,3-4,18H2,1-2H3,(H,26,28). The van der Waals surface area contributed by atoms with Gasteiger partial charge in [0.15, 0.2) is 0 Å². The number of anilines is 2. The summed E-state index contributed by atoms with van der Waals surface area (Å²) in [5.41, 5.74) is 3.50. The van der Waals surface area contributed by atoms with Crippen LogP contribution in [0.5, 0.6) is 0 Å². The summed E-state index contributed by atoms with van der Waals surface area (Å²) in [6, 6.07) is 24.2. The van der Waals surface area contributed by atoms with Crippen LogP contribution in [-0.2, 0) is 14.8 Å². The Balaban J connectivity index is 1.60. The first-order chi connectivity index (χ1) is 14.9. The van der Waals surface area contributed by atoms with Crippen molar-refractivity contribution in [2.24, 2.45) is 0 Å². The molecule has 0 aliphatic carbocycles. The van der Waals surface area contributed by atoms with Crippen LogP contribution in [0, 0.1) is 0 Å². The Morgan fingerprint density at radius 1 is 0.806 bits per heavy atom. The van der Waals surface area contributed by atoms with Crippen LogP contribution in [-0.4, -0.2) is 38.3 Å². The lowest BCUT2D eigenvalue weighted by Crippen LogP contribution is -2.30. The molecule has 0 heterocycles. The van der Waals surface area contributed by atoms with Crippen molar-refractivity contribution in [3.63, 3.8) is 0 Å². The molecule has 0 aromatic heterocycles. The summed E-state index contributed by atoms with van der Waals surface area (Å²) < 4.78 is 26.7. The zero-order valence-corrected chi connectivity index (χ0v) is 18.5. The maximum atomic E-state index is 12.7. The first-order valence-corrected chi connectivity index (χ1v) is 11.7. The topological polar surface area (TPSA) is 78.5 Å². The molecule has 3 aromatic carbocycles. The van der Waals surface area contributed by atoms with Gasteiger partial charge in [-0.1, -0.05) is 62.4 Å². The minimum atomic E-state index is -3.58. The number of amides is 1. The van der Waals surface area contributed by atoms with Crippen LogP contribution in [0.2, 0.25) is 0 Å². The van der Waals surface area contributed by atoms with Crippen LogP contribution in [0.4, 0.5) is 11.4 Å². The predicted octanol–water partition coefficient (Wildman–Crippen LogP) is 4.43. The molecule has 0 spiro atoms. The van der Waals surface area contributed by atoms with Gasteiger partial charge in [0.2, 0.25) is 15.9 Å². The Morgan fingerprint density at radius 3 is 2.10 bits per heavy atom. The van der Waals surface area contributed by atoms with E-state index in [1.807, 2.05) is 54.6 Å². The second-order valence-corrected chi connectivity index (χ2v) is 8.90. The van der Waals surface area contributed by atoms with Crippen molar-refractivity contribution in [1.82, 2.24) is 4.31 Å². The Hall–Kier alpha value is -3.16. The van der Waals surface area contributed by atoms with E-state index in [0.717, 1.165) is 16.8 Å². The van der Waals surface area contributed by atoms with E-state index >= 15 is 0 Å². The van der Waals surface area contributed by atoms with E-state index < -0.39 is 10.0 Å². The van der Waals surface area contributed by atoms with Gasteiger partial charge in [-0.25, -0.2) is 8.42 Å². The van der Waals surface area contributed by atoms with Gasteiger partial charge in [0.25, 0.3) is 0 Å². The zero-order valence-electron chi connectivity index (χ0n) is 17.7. The smallest absolute Gasteiger partial charge is 0.243 e. The highest BCUT2D eigenvalue weighted by atomic mass is 32.2. The second kappa shape index (κ2) is 10.2. The van der Waals surface area contributed by atoms with Gasteiger partial charge in [-0.05, 0) is 41.5 Å². The molecule has 162 valence electrons. The summed E-state index contributed by atoms with van der Waals surface area (Å²) in [5.74, 6) is -0.260. The van der Waals surface area contributed by atoms with Crippen molar-refractivity contribution in [2.45, 2.75) is 18.7 Å². The molecule has 0 saturated carbocycles. The first kappa shape index (κ1) is 22.5. The van der Waals surface area contributed by atoms with Crippen LogP contribution in [0.1, 0.15) is 13.8 Å². The van der Waals surface area contributed by atoms with E-state index in [-0.39, 0.29) is 17.3 Å². The Bertz CT molecular complexity index is 1110. The molecule has 0 radical (unpaired) electrons. The van der Waals surface area contributed by atoms with Gasteiger partial charge in [-0.3, -0.25) is 4.79 Å². The number of benzene rings is 3. The number of carbonyl (C=O) groups is 1. The normalized spacial score (nSPS) is 11.3. The maximum absolute atomic E-state index is 12.7. The highest BCUT2D eigenvalue weighted by Gasteiger charge is 2.21. The van der Waals surface area contributed by atoms with E-state index in [2.05, 4.69) is 10.6 Å². The van der Waals surface area contributed by atoms with Crippen molar-refractivity contribution >= 4 is 27.3 Å². The summed E-state index contributed by atoms with van der Waals surface area (Å²) in [6.45, 7) is 4.44. The molecule has 0 bridgehead atoms. The molecule has 3 rings (SSSR count). The number of nitrogens with zero attached hydrogens (tertiary/aromatic N) is 1. The largest absolute Gasteiger partial charge is 0.376 e. The molecule has 31 heavy (non-hydrogen) atoms. The molecule has 0 atom stereocenters. The Morgan fingerprint density at radius 2 is 1.45 bits per heavy atom. The van der Waals surface area contributed by atoms with Gasteiger partial charge in [0, 0.05) is 24.5 Å². The van der Waals surface area contributed by atoms with Crippen molar-refractivity contribution in [3.8, 4) is 11.1 Å². The number of sulfonamides is 1. The van der Waals surface area contributed by atoms with E-state index in [1.54, 1.807) is 26.0 Å². The van der Waals surface area contributed by atoms with Gasteiger partial charge < -0.3 is 10.6 Å². The van der Waals surface area contributed by atoms with Crippen LogP contribution in [0.15, 0.2) is 83.8 Å². The molecule has 0 saturated heterocycles. The van der Waals surface area contributed by atoms with Gasteiger partial charge in [-0.2, -0.15) is 4.31 Å². The number of hydrogen-bond donors (Lipinski definition) is 2. The molecule has 3 aromatic rings. The van der Waals surface area contributed by atoms with Gasteiger partial charge >= 0.3 is 0 Å². The summed E-state index contributed by atoms with van der Waals surface area (Å²) in [7, 11) is -3.58. The van der Waals surface area contributed by atoms with Gasteiger partial charge in [0.05, 0.1) is 11.4 Å². The first-order valence-electron chi connectivity index (χ1n) is 10.2. The third-order valence-corrected chi connectivity index (χ3v) is 6.95. The van der Waals surface area contributed by atoms with Crippen LogP contribution in [0.25, 0.3) is 11.1 Å². The van der Waals surface area contributed by atoms with Crippen LogP contribution < -0.4 is 10.6 Å². The molecule has 0 aliphatic rings. The predicted molar refractivity (Wildman–Crippen MR) is 126 cm³/mol. The van der Waals surface area contributed by atoms with Crippen molar-refractivity contribution in [1.29, 1.82) is 0 Å². The third kappa shape index (κ3) is 5.71. The average molecular weight is 438 g/mol. The Kier molecular flexibility index (Phi) is 7.44. The molecule has 0 unspecified atom stereocenters. The molecular weight excluding hydrogens is 410 g/mol. The summed E-state index contributed by atoms with van der Waals surface area (Å²) in [5, 5.41) is 5.84. The lowest BCUT2D eigenvalue weighted by Gasteiger charge is -2.19. The van der Waals surface area contributed by atoms with Crippen LogP contribution >= 0.6 is 0 Å². The molecule has 1 amide bonds. The highest BCUT2D eigenvalue weighted by Crippen LogP contribution is 2.21. The molecule has 6 nitrogen and oxygen atoms in total. The van der Waals surface area contributed by atoms with Crippen LogP contribution in [0.3, 0.4) is 0 Å². The van der Waals surface area contributed by atoms with Gasteiger partial charge in [0.1, 0.15) is 0 Å². The van der Waals surface area contributed by atoms with Crippen molar-refractivity contribution in [2.75, 3.05) is 30.3 Å². The summed E-state index contributed by atoms with van der Waals surface area (Å²) in [4.78, 5) is 12.5. The van der Waals surface area contributed by atoms with Crippen molar-refractivity contribution in [3.05, 3.63) is 78.9 Å². The van der Waals surface area contributed by atoms with Crippen molar-refractivity contribution < 1.29 is 13.2 Å². The van der Waals surface area contributed by atoms with E-state index in [0.29, 0.717) is 18.8 Å². The molecule has 0 fully saturated rings. The van der Waals surface area contributed by atoms with Gasteiger partial charge in [-0.15, -0.1) is 0 Å². The fraction of sp³-hybridized carbons (Fsp3) is 0.208. The SMILES string of the molecule is CCN(CC)S(=O)(=O)c1cccc(NC(=O)CNc2ccc(-c3ccccc3)cc2)c1. The molecular formula is C24H27N3O3S. The quantitative estimate of drug-likeness (QED) is 0.519. The van der Waals surface area contributed by atoms with E-state index in [1.165, 1.54) is 16.4 Å². The minimum absolute atomic E-state index is 0.0672. The molecule has 2 N–H and O–H groups in total. The maximum Gasteiger partial charge on any atom is 0.243 e. The number of carbonyl (C=O) groups excluding carboxylic acids is 1. The number of rotatable bonds is 9. The lowest BCUT2D eigenvalue weighted by molar-refractivity contribution is -0.114. The fourth-order valence-electron chi connectivity index (χ4n) is 3.25. The number of hydrogen-bond acceptors (Lipinski definition) is 4. The second-order valence-electron chi connectivity index (χ2n) is 6.96. The monoisotopic (exact) mass is 437 g/mol. The summed E-state index contributed by atoms with van der Waals surface area (Å²) >= 11 is 0. The average Bonchev–Trinajstić information content (AvgIpc) is 2.79. The minimum Gasteiger partial charge on any atom is -0.376 e. The fourth-order valence-corrected chi connectivity index (χ4v) is 4.75. The van der Waals surface area contributed by atoms with E-state index in [4.69, 9.17) is 0 Å². The molecule has 7 heteroatoms. The highest BCUT2D eigenvalue weighted by molar-refractivity contribution is 7.89. The number of nitrogens with one attached hydrogen (secondary N) is 2. The zero-order chi connectivity index (χ0) is 22.3. The summed E-state index contributed by atoms with van der Waals surface area (Å²) in [6.07, 6.45) is 0.